The zero-order chi connectivity index (χ0) is 26.0. The van der Waals surface area contributed by atoms with Gasteiger partial charge in [0.15, 0.2) is 5.72 Å². The quantitative estimate of drug-likeness (QED) is 0.366. The van der Waals surface area contributed by atoms with Crippen LogP contribution in [0.15, 0.2) is 30.3 Å². The number of thiol groups is 1. The molecule has 2 unspecified atom stereocenters. The molecule has 1 aliphatic rings. The molecule has 35 heavy (non-hydrogen) atoms. The number of hydrogen-bond acceptors (Lipinski definition) is 7. The van der Waals surface area contributed by atoms with Gasteiger partial charge in [0, 0.05) is 30.8 Å². The number of nitrogens with one attached hydrogen (secondary N) is 1. The summed E-state index contributed by atoms with van der Waals surface area (Å²) in [6.45, 7) is 6.10. The molecule has 2 atom stereocenters. The second-order valence-corrected chi connectivity index (χ2v) is 9.44. The molecule has 0 radical (unpaired) electrons. The van der Waals surface area contributed by atoms with E-state index in [9.17, 15) is 26.4 Å². The van der Waals surface area contributed by atoms with Gasteiger partial charge >= 0.3 is 6.18 Å². The monoisotopic (exact) mass is 514 g/mol. The highest BCUT2D eigenvalue weighted by Gasteiger charge is 2.34. The Kier molecular flexibility index (Phi) is 8.07. The zero-order valence-electron chi connectivity index (χ0n) is 19.7. The average molecular weight is 515 g/mol. The number of rotatable bonds is 8. The molecular weight excluding hydrogens is 485 g/mol. The smallest absolute Gasteiger partial charge is 0.356 e. The van der Waals surface area contributed by atoms with Crippen molar-refractivity contribution in [1.82, 2.24) is 10.3 Å². The van der Waals surface area contributed by atoms with Crippen LogP contribution in [-0.2, 0) is 38.4 Å². The summed E-state index contributed by atoms with van der Waals surface area (Å²) in [5, 5.41) is 2.79. The largest absolute Gasteiger partial charge is 0.433 e. The average Bonchev–Trinajstić information content (AvgIpc) is 3.29. The molecule has 2 heterocycles. The standard InChI is InChI=1S/C23H29F3N4O4S/c1-14-12-16(6-8-18(14)22(3,27)34-35(32)33)15(2)21(31)28-13-17-7-9-19(23(24,25)26)29-20(17)30-10-4-5-11-30/h6-9,12,15,35H,4-5,10-11,13,27H2,1-3H3,(H,28,31). The number of hydrogen-bond donors (Lipinski definition) is 3. The van der Waals surface area contributed by atoms with E-state index >= 15 is 0 Å². The van der Waals surface area contributed by atoms with Crippen LogP contribution < -0.4 is 16.0 Å². The lowest BCUT2D eigenvalue weighted by molar-refractivity contribution is -0.141. The van der Waals surface area contributed by atoms with E-state index in [2.05, 4.69) is 10.3 Å². The summed E-state index contributed by atoms with van der Waals surface area (Å²) >= 11 is 0. The van der Waals surface area contributed by atoms with Crippen molar-refractivity contribution in [3.05, 3.63) is 58.3 Å². The van der Waals surface area contributed by atoms with Gasteiger partial charge in [0.25, 0.3) is 11.0 Å². The molecule has 192 valence electrons. The summed E-state index contributed by atoms with van der Waals surface area (Å²) in [4.78, 5) is 18.5. The Labute approximate surface area is 203 Å². The topological polar surface area (TPSA) is 115 Å². The van der Waals surface area contributed by atoms with Gasteiger partial charge in [-0.05, 0) is 50.8 Å². The maximum absolute atomic E-state index is 13.2. The van der Waals surface area contributed by atoms with Gasteiger partial charge in [-0.1, -0.05) is 24.3 Å². The molecule has 1 fully saturated rings. The Morgan fingerprint density at radius 3 is 2.46 bits per heavy atom. The van der Waals surface area contributed by atoms with Gasteiger partial charge in [0.1, 0.15) is 11.5 Å². The van der Waals surface area contributed by atoms with Crippen LogP contribution in [0, 0.1) is 6.92 Å². The summed E-state index contributed by atoms with van der Waals surface area (Å²) in [6, 6.07) is 7.28. The molecule has 1 aromatic heterocycles. The molecule has 2 aromatic rings. The summed E-state index contributed by atoms with van der Waals surface area (Å²) in [5.74, 6) is -0.662. The van der Waals surface area contributed by atoms with Crippen LogP contribution in [0.3, 0.4) is 0 Å². The first-order valence-electron chi connectivity index (χ1n) is 11.1. The van der Waals surface area contributed by atoms with Crippen molar-refractivity contribution < 1.29 is 30.6 Å². The minimum atomic E-state index is -4.55. The van der Waals surface area contributed by atoms with E-state index in [1.807, 2.05) is 4.90 Å². The Morgan fingerprint density at radius 1 is 1.23 bits per heavy atom. The number of nitrogens with zero attached hydrogens (tertiary/aromatic N) is 2. The van der Waals surface area contributed by atoms with Gasteiger partial charge in [-0.25, -0.2) is 17.6 Å². The van der Waals surface area contributed by atoms with Gasteiger partial charge < -0.3 is 10.2 Å². The van der Waals surface area contributed by atoms with Gasteiger partial charge in [-0.3, -0.25) is 10.5 Å². The summed E-state index contributed by atoms with van der Waals surface area (Å²) < 4.78 is 66.3. The fraction of sp³-hybridized carbons (Fsp3) is 0.478. The molecule has 0 spiro atoms. The maximum Gasteiger partial charge on any atom is 0.433 e. The number of benzene rings is 1. The predicted octanol–water partition coefficient (Wildman–Crippen LogP) is 3.10. The number of nitrogens with two attached hydrogens (primary N) is 1. The van der Waals surface area contributed by atoms with Crippen LogP contribution in [0.5, 0.6) is 0 Å². The van der Waals surface area contributed by atoms with Crippen LogP contribution in [0.1, 0.15) is 60.6 Å². The Bertz CT molecular complexity index is 1150. The van der Waals surface area contributed by atoms with Crippen LogP contribution in [0.4, 0.5) is 19.0 Å². The number of aromatic nitrogens is 1. The van der Waals surface area contributed by atoms with Gasteiger partial charge in [0.05, 0.1) is 5.92 Å². The fourth-order valence-corrected chi connectivity index (χ4v) is 4.59. The van der Waals surface area contributed by atoms with E-state index in [0.29, 0.717) is 35.3 Å². The number of halogens is 3. The zero-order valence-corrected chi connectivity index (χ0v) is 20.6. The number of aryl methyl sites for hydroxylation is 1. The molecule has 0 saturated carbocycles. The molecule has 0 aliphatic carbocycles. The molecule has 1 saturated heterocycles. The SMILES string of the molecule is Cc1cc(C(C)C(=O)NCc2ccc(C(F)(F)F)nc2N2CCCC2)ccc1C(C)(N)O[SH](=O)=O. The Balaban J connectivity index is 1.75. The molecule has 1 aliphatic heterocycles. The first-order chi connectivity index (χ1) is 16.3. The number of alkyl halides is 3. The van der Waals surface area contributed by atoms with Crippen molar-refractivity contribution >= 4 is 22.7 Å². The third-order valence-corrected chi connectivity index (χ3v) is 6.58. The number of anilines is 1. The van der Waals surface area contributed by atoms with Crippen molar-refractivity contribution in [2.45, 2.75) is 58.0 Å². The molecule has 0 bridgehead atoms. The predicted molar refractivity (Wildman–Crippen MR) is 125 cm³/mol. The second kappa shape index (κ2) is 10.5. The summed E-state index contributed by atoms with van der Waals surface area (Å²) in [5.41, 5.74) is 5.74. The summed E-state index contributed by atoms with van der Waals surface area (Å²) in [7, 11) is -3.16. The highest BCUT2D eigenvalue weighted by atomic mass is 32.2. The lowest BCUT2D eigenvalue weighted by Crippen LogP contribution is -2.36. The highest BCUT2D eigenvalue weighted by Crippen LogP contribution is 2.32. The fourth-order valence-electron chi connectivity index (χ4n) is 4.18. The van der Waals surface area contributed by atoms with E-state index < -0.39 is 34.5 Å². The lowest BCUT2D eigenvalue weighted by Gasteiger charge is -2.25. The van der Waals surface area contributed by atoms with Crippen molar-refractivity contribution in [2.24, 2.45) is 5.73 Å². The van der Waals surface area contributed by atoms with Gasteiger partial charge in [0.2, 0.25) is 5.91 Å². The molecule has 3 rings (SSSR count). The number of amides is 1. The molecule has 8 nitrogen and oxygen atoms in total. The number of carbonyl (C=O) groups excluding carboxylic acids is 1. The molecule has 1 amide bonds. The number of pyridine rings is 1. The molecular formula is C23H29F3N4O4S. The van der Waals surface area contributed by atoms with E-state index in [1.54, 1.807) is 32.0 Å². The first kappa shape index (κ1) is 26.9. The van der Waals surface area contributed by atoms with Crippen LogP contribution in [0.2, 0.25) is 0 Å². The minimum Gasteiger partial charge on any atom is -0.356 e. The van der Waals surface area contributed by atoms with Crippen molar-refractivity contribution in [3.8, 4) is 0 Å². The third-order valence-electron chi connectivity index (χ3n) is 6.05. The second-order valence-electron chi connectivity index (χ2n) is 8.81. The van der Waals surface area contributed by atoms with E-state index in [0.717, 1.165) is 18.9 Å². The molecule has 3 N–H and O–H groups in total. The van der Waals surface area contributed by atoms with Gasteiger partial charge in [-0.2, -0.15) is 13.2 Å². The van der Waals surface area contributed by atoms with E-state index in [-0.39, 0.29) is 18.3 Å². The Morgan fingerprint density at radius 2 is 1.89 bits per heavy atom. The molecule has 1 aromatic carbocycles. The molecule has 12 heteroatoms. The van der Waals surface area contributed by atoms with E-state index in [1.165, 1.54) is 13.0 Å². The first-order valence-corrected chi connectivity index (χ1v) is 12.2. The lowest BCUT2D eigenvalue weighted by atomic mass is 9.92. The normalized spacial score (nSPS) is 16.9. The summed E-state index contributed by atoms with van der Waals surface area (Å²) in [6.07, 6.45) is -2.81. The van der Waals surface area contributed by atoms with Crippen molar-refractivity contribution in [1.29, 1.82) is 0 Å². The van der Waals surface area contributed by atoms with Crippen LogP contribution >= 0.6 is 0 Å². The van der Waals surface area contributed by atoms with E-state index in [4.69, 9.17) is 9.92 Å². The van der Waals surface area contributed by atoms with Crippen molar-refractivity contribution in [3.63, 3.8) is 0 Å². The van der Waals surface area contributed by atoms with Crippen molar-refractivity contribution in [2.75, 3.05) is 18.0 Å². The highest BCUT2D eigenvalue weighted by molar-refractivity contribution is 7.67. The van der Waals surface area contributed by atoms with Crippen LogP contribution in [0.25, 0.3) is 0 Å². The minimum absolute atomic E-state index is 0.0302. The Hall–Kier alpha value is -2.70. The third kappa shape index (κ3) is 6.50. The maximum atomic E-state index is 13.2. The van der Waals surface area contributed by atoms with Crippen LogP contribution in [-0.4, -0.2) is 32.4 Å². The van der Waals surface area contributed by atoms with Gasteiger partial charge in [-0.15, -0.1) is 0 Å². The number of carbonyl (C=O) groups is 1.